The van der Waals surface area contributed by atoms with Gasteiger partial charge in [0, 0.05) is 12.2 Å². The summed E-state index contributed by atoms with van der Waals surface area (Å²) in [6.07, 6.45) is 14.6. The van der Waals surface area contributed by atoms with Crippen LogP contribution in [0.3, 0.4) is 0 Å². The van der Waals surface area contributed by atoms with E-state index in [1.165, 1.54) is 25.0 Å². The fourth-order valence-corrected chi connectivity index (χ4v) is 4.88. The van der Waals surface area contributed by atoms with Crippen LogP contribution in [0.2, 0.25) is 0 Å². The Morgan fingerprint density at radius 3 is 1.63 bits per heavy atom. The second kappa shape index (κ2) is 16.6. The zero-order valence-corrected chi connectivity index (χ0v) is 22.4. The van der Waals surface area contributed by atoms with Gasteiger partial charge in [-0.05, 0) is 69.8 Å². The van der Waals surface area contributed by atoms with E-state index in [0.29, 0.717) is 6.42 Å². The van der Waals surface area contributed by atoms with Gasteiger partial charge in [-0.25, -0.2) is 9.59 Å². The summed E-state index contributed by atoms with van der Waals surface area (Å²) in [7, 11) is 0. The molecule has 0 bridgehead atoms. The Bertz CT molecular complexity index is 863. The molecule has 1 aromatic carbocycles. The molecule has 8 nitrogen and oxygen atoms in total. The molecule has 2 N–H and O–H groups in total. The number of aliphatic carboxylic acids is 2. The van der Waals surface area contributed by atoms with E-state index in [1.807, 2.05) is 13.0 Å². The van der Waals surface area contributed by atoms with Gasteiger partial charge < -0.3 is 19.7 Å². The Morgan fingerprint density at radius 2 is 1.24 bits per heavy atom. The number of benzene rings is 1. The van der Waals surface area contributed by atoms with Crippen molar-refractivity contribution < 1.29 is 38.9 Å². The van der Waals surface area contributed by atoms with Gasteiger partial charge in [-0.15, -0.1) is 0 Å². The highest BCUT2D eigenvalue weighted by molar-refractivity contribution is 5.98. The van der Waals surface area contributed by atoms with Crippen molar-refractivity contribution in [2.45, 2.75) is 109 Å². The van der Waals surface area contributed by atoms with Crippen LogP contribution in [-0.4, -0.2) is 46.3 Å². The van der Waals surface area contributed by atoms with Gasteiger partial charge in [-0.1, -0.05) is 62.9 Å². The number of carboxylic acid groups (broad SMARTS) is 2. The molecule has 0 unspecified atom stereocenters. The monoisotopic (exact) mass is 530 g/mol. The van der Waals surface area contributed by atoms with Gasteiger partial charge in [0.15, 0.2) is 5.41 Å². The van der Waals surface area contributed by atoms with E-state index in [-0.39, 0.29) is 25.0 Å². The molecule has 0 atom stereocenters. The van der Waals surface area contributed by atoms with E-state index < -0.39 is 29.3 Å². The molecule has 38 heavy (non-hydrogen) atoms. The number of hydrogen-bond acceptors (Lipinski definition) is 6. The van der Waals surface area contributed by atoms with Crippen molar-refractivity contribution in [2.24, 2.45) is 5.41 Å². The van der Waals surface area contributed by atoms with Gasteiger partial charge in [0.25, 0.3) is 0 Å². The maximum Gasteiger partial charge on any atom is 0.331 e. The summed E-state index contributed by atoms with van der Waals surface area (Å²) >= 11 is 0. The van der Waals surface area contributed by atoms with Gasteiger partial charge in [-0.2, -0.15) is 0 Å². The average Bonchev–Trinajstić information content (AvgIpc) is 2.91. The number of unbranched alkanes of at least 4 members (excludes halogenated alkanes) is 1. The lowest BCUT2D eigenvalue weighted by molar-refractivity contribution is -0.165. The zero-order chi connectivity index (χ0) is 27.8. The summed E-state index contributed by atoms with van der Waals surface area (Å²) in [5.41, 5.74) is -0.976. The van der Waals surface area contributed by atoms with E-state index >= 15 is 0 Å². The quantitative estimate of drug-likeness (QED) is 0.207. The van der Waals surface area contributed by atoms with Crippen molar-refractivity contribution in [3.05, 3.63) is 48.0 Å². The number of carboxylic acids is 2. The van der Waals surface area contributed by atoms with E-state index in [9.17, 15) is 29.4 Å². The van der Waals surface area contributed by atoms with Crippen LogP contribution in [-0.2, 0) is 35.1 Å². The van der Waals surface area contributed by atoms with Crippen LogP contribution < -0.4 is 0 Å². The molecule has 2 fully saturated rings. The van der Waals surface area contributed by atoms with Gasteiger partial charge in [-0.3, -0.25) is 9.59 Å². The fourth-order valence-electron chi connectivity index (χ4n) is 4.88. The molecule has 2 aliphatic rings. The lowest BCUT2D eigenvalue weighted by atomic mass is 9.77. The predicted molar refractivity (Wildman–Crippen MR) is 142 cm³/mol. The van der Waals surface area contributed by atoms with Crippen LogP contribution in [0.5, 0.6) is 0 Å². The van der Waals surface area contributed by atoms with E-state index in [1.54, 1.807) is 24.3 Å². The molecule has 1 aromatic rings. The summed E-state index contributed by atoms with van der Waals surface area (Å²) in [5.74, 6) is -3.38. The number of rotatable bonds is 11. The van der Waals surface area contributed by atoms with Crippen LogP contribution in [0.15, 0.2) is 42.5 Å². The first-order chi connectivity index (χ1) is 18.3. The summed E-state index contributed by atoms with van der Waals surface area (Å²) in [4.78, 5) is 46.0. The van der Waals surface area contributed by atoms with Gasteiger partial charge in [0.2, 0.25) is 0 Å². The Kier molecular flexibility index (Phi) is 13.6. The molecule has 0 aliphatic heterocycles. The Balaban J connectivity index is 0.000000269. The number of esters is 2. The van der Waals surface area contributed by atoms with Gasteiger partial charge >= 0.3 is 23.9 Å². The summed E-state index contributed by atoms with van der Waals surface area (Å²) < 4.78 is 10.6. The second-order valence-electron chi connectivity index (χ2n) is 10.2. The van der Waals surface area contributed by atoms with Crippen molar-refractivity contribution in [2.75, 3.05) is 0 Å². The number of carbonyl (C=O) groups excluding carboxylic acids is 2. The smallest absolute Gasteiger partial charge is 0.331 e. The van der Waals surface area contributed by atoms with Crippen LogP contribution in [0.1, 0.15) is 96.0 Å². The number of hydrogen-bond donors (Lipinski definition) is 2. The predicted octanol–water partition coefficient (Wildman–Crippen LogP) is 5.87. The van der Waals surface area contributed by atoms with Crippen molar-refractivity contribution in [1.29, 1.82) is 0 Å². The first-order valence-electron chi connectivity index (χ1n) is 13.9. The molecular weight excluding hydrogens is 488 g/mol. The number of ether oxygens (including phenoxy) is 2. The van der Waals surface area contributed by atoms with Crippen LogP contribution in [0.25, 0.3) is 0 Å². The average molecular weight is 531 g/mol. The standard InChI is InChI=1S/C16H24O4.C14H18O4/c17-15(19-13-7-3-1-4-8-13)11-12-16(18)20-14-9-5-2-6-10-14;1-2-3-9-14(12(15)16,13(17)18)10-11-7-5-4-6-8-11/h11-14H,1-10H2;4-8H,2-3,9-10H2,1H3,(H,15,16)(H,17,18)/b12-11-;. The van der Waals surface area contributed by atoms with Crippen molar-refractivity contribution in [3.63, 3.8) is 0 Å². The molecular formula is C30H42O8. The van der Waals surface area contributed by atoms with Crippen LogP contribution >= 0.6 is 0 Å². The first-order valence-corrected chi connectivity index (χ1v) is 13.9. The maximum absolute atomic E-state index is 11.6. The largest absolute Gasteiger partial charge is 0.480 e. The molecule has 0 amide bonds. The fraction of sp³-hybridized carbons (Fsp3) is 0.600. The highest BCUT2D eigenvalue weighted by Gasteiger charge is 2.45. The molecule has 210 valence electrons. The third-order valence-electron chi connectivity index (χ3n) is 7.15. The highest BCUT2D eigenvalue weighted by Crippen LogP contribution is 2.30. The van der Waals surface area contributed by atoms with Gasteiger partial charge in [0.1, 0.15) is 12.2 Å². The normalized spacial score (nSPS) is 16.8. The first kappa shape index (κ1) is 31.1. The third kappa shape index (κ3) is 10.7. The lowest BCUT2D eigenvalue weighted by Crippen LogP contribution is -2.41. The molecule has 0 heterocycles. The molecule has 2 saturated carbocycles. The minimum absolute atomic E-state index is 0.0234. The number of carbonyl (C=O) groups is 4. The Hall–Kier alpha value is -3.16. The molecule has 3 rings (SSSR count). The summed E-state index contributed by atoms with van der Waals surface area (Å²) in [6.45, 7) is 1.91. The maximum atomic E-state index is 11.6. The van der Waals surface area contributed by atoms with E-state index in [0.717, 1.165) is 63.4 Å². The van der Waals surface area contributed by atoms with Gasteiger partial charge in [0.05, 0.1) is 0 Å². The zero-order valence-electron chi connectivity index (χ0n) is 22.4. The topological polar surface area (TPSA) is 127 Å². The SMILES string of the molecule is CCCCC(Cc1ccccc1)(C(=O)O)C(=O)O.O=C(/C=C\C(=O)OC1CCCCC1)OC1CCCCC1. The molecule has 2 aliphatic carbocycles. The molecule has 0 spiro atoms. The molecule has 0 aromatic heterocycles. The Morgan fingerprint density at radius 1 is 0.789 bits per heavy atom. The molecule has 8 heteroatoms. The summed E-state index contributed by atoms with van der Waals surface area (Å²) in [5, 5.41) is 18.6. The van der Waals surface area contributed by atoms with Crippen molar-refractivity contribution in [3.8, 4) is 0 Å². The molecule has 0 radical (unpaired) electrons. The highest BCUT2D eigenvalue weighted by atomic mass is 16.5. The lowest BCUT2D eigenvalue weighted by Gasteiger charge is -2.24. The Labute approximate surface area is 225 Å². The van der Waals surface area contributed by atoms with Crippen molar-refractivity contribution in [1.82, 2.24) is 0 Å². The third-order valence-corrected chi connectivity index (χ3v) is 7.15. The molecule has 0 saturated heterocycles. The van der Waals surface area contributed by atoms with Crippen LogP contribution in [0, 0.1) is 5.41 Å². The van der Waals surface area contributed by atoms with Crippen LogP contribution in [0.4, 0.5) is 0 Å². The van der Waals surface area contributed by atoms with E-state index in [4.69, 9.17) is 9.47 Å². The second-order valence-corrected chi connectivity index (χ2v) is 10.2. The summed E-state index contributed by atoms with van der Waals surface area (Å²) in [6, 6.07) is 8.89. The van der Waals surface area contributed by atoms with Crippen molar-refractivity contribution >= 4 is 23.9 Å². The van der Waals surface area contributed by atoms with E-state index in [2.05, 4.69) is 0 Å². The minimum Gasteiger partial charge on any atom is -0.480 e. The minimum atomic E-state index is -1.71.